The number of rotatable bonds is 7. The maximum absolute atomic E-state index is 12.9. The summed E-state index contributed by atoms with van der Waals surface area (Å²) < 4.78 is 35.5. The molecule has 1 unspecified atom stereocenters. The molecule has 0 aliphatic rings. The lowest BCUT2D eigenvalue weighted by Crippen LogP contribution is -2.42. The van der Waals surface area contributed by atoms with E-state index in [2.05, 4.69) is 0 Å². The van der Waals surface area contributed by atoms with Crippen LogP contribution in [-0.2, 0) is 14.4 Å². The number of nitrogens with zero attached hydrogens (tertiary/aromatic N) is 1. The molecular weight excluding hydrogens is 345 g/mol. The summed E-state index contributed by atoms with van der Waals surface area (Å²) >= 11 is 0. The predicted molar refractivity (Wildman–Crippen MR) is 84.8 cm³/mol. The molecular formula is C13H20NO7PS. The van der Waals surface area contributed by atoms with Crippen LogP contribution in [0.15, 0.2) is 29.2 Å². The van der Waals surface area contributed by atoms with Gasteiger partial charge in [-0.2, -0.15) is 0 Å². The maximum atomic E-state index is 12.9. The SMILES string of the molecule is CCC(CC)C(C)(P(=O)(O)O)S(=O)(=O)c1ccc([N+](=O)[O-])cc1. The smallest absolute Gasteiger partial charge is 0.323 e. The monoisotopic (exact) mass is 365 g/mol. The molecule has 0 radical (unpaired) electrons. The molecule has 0 aliphatic heterocycles. The highest BCUT2D eigenvalue weighted by atomic mass is 32.2. The summed E-state index contributed by atoms with van der Waals surface area (Å²) in [6, 6.07) is 4.01. The minimum Gasteiger partial charge on any atom is -0.323 e. The second-order valence-electron chi connectivity index (χ2n) is 5.37. The number of non-ortho nitro benzene ring substituents is 1. The molecule has 0 aromatic heterocycles. The largest absolute Gasteiger partial charge is 0.347 e. The van der Waals surface area contributed by atoms with Gasteiger partial charge < -0.3 is 9.79 Å². The lowest BCUT2D eigenvalue weighted by molar-refractivity contribution is -0.384. The zero-order chi connectivity index (χ0) is 18.1. The van der Waals surface area contributed by atoms with Crippen LogP contribution in [0, 0.1) is 16.0 Å². The second-order valence-corrected chi connectivity index (χ2v) is 10.0. The molecule has 1 rings (SSSR count). The van der Waals surface area contributed by atoms with Gasteiger partial charge in [-0.1, -0.05) is 26.7 Å². The van der Waals surface area contributed by atoms with Gasteiger partial charge in [-0.05, 0) is 25.0 Å². The van der Waals surface area contributed by atoms with E-state index in [1.54, 1.807) is 13.8 Å². The molecule has 10 heteroatoms. The van der Waals surface area contributed by atoms with Crippen molar-refractivity contribution in [3.05, 3.63) is 34.4 Å². The van der Waals surface area contributed by atoms with Crippen LogP contribution in [0.4, 0.5) is 5.69 Å². The normalized spacial score (nSPS) is 15.4. The molecule has 23 heavy (non-hydrogen) atoms. The van der Waals surface area contributed by atoms with E-state index < -0.39 is 32.8 Å². The van der Waals surface area contributed by atoms with E-state index >= 15 is 0 Å². The van der Waals surface area contributed by atoms with Gasteiger partial charge in [0, 0.05) is 12.1 Å². The summed E-state index contributed by atoms with van der Waals surface area (Å²) in [6.07, 6.45) is 0.536. The Hall–Kier alpha value is -1.28. The highest BCUT2D eigenvalue weighted by Gasteiger charge is 2.58. The molecule has 2 N–H and O–H groups in total. The Labute approximate surface area is 134 Å². The van der Waals surface area contributed by atoms with Crippen LogP contribution in [0.25, 0.3) is 0 Å². The molecule has 0 heterocycles. The number of hydrogen-bond donors (Lipinski definition) is 2. The number of nitro benzene ring substituents is 1. The molecule has 8 nitrogen and oxygen atoms in total. The molecule has 0 saturated carbocycles. The minimum atomic E-state index is -5.02. The van der Waals surface area contributed by atoms with Crippen molar-refractivity contribution in [1.29, 1.82) is 0 Å². The van der Waals surface area contributed by atoms with Crippen molar-refractivity contribution >= 4 is 23.1 Å². The molecule has 0 bridgehead atoms. The molecule has 1 aromatic carbocycles. The van der Waals surface area contributed by atoms with Crippen LogP contribution in [-0.4, -0.2) is 27.6 Å². The summed E-state index contributed by atoms with van der Waals surface area (Å²) in [5.74, 6) is -0.761. The van der Waals surface area contributed by atoms with E-state index in [0.29, 0.717) is 0 Å². The molecule has 1 atom stereocenters. The standard InChI is InChI=1S/C13H20NO7PS/c1-4-10(5-2)13(3,22(17,18)19)23(20,21)12-8-6-11(7-9-12)14(15)16/h6-10H,4-5H2,1-3H3,(H2,17,18,19). The summed E-state index contributed by atoms with van der Waals surface area (Å²) in [6.45, 7) is 4.36. The first-order valence-corrected chi connectivity index (χ1v) is 10.1. The van der Waals surface area contributed by atoms with Crippen molar-refractivity contribution < 1.29 is 27.7 Å². The lowest BCUT2D eigenvalue weighted by Gasteiger charge is -2.36. The van der Waals surface area contributed by atoms with Gasteiger partial charge in [0.1, 0.15) is 0 Å². The van der Waals surface area contributed by atoms with E-state index in [1.165, 1.54) is 0 Å². The Kier molecular flexibility index (Phi) is 5.74. The van der Waals surface area contributed by atoms with E-state index in [1.807, 2.05) is 0 Å². The molecule has 0 amide bonds. The zero-order valence-electron chi connectivity index (χ0n) is 13.0. The Morgan fingerprint density at radius 1 is 1.22 bits per heavy atom. The fourth-order valence-corrected chi connectivity index (χ4v) is 6.80. The van der Waals surface area contributed by atoms with Crippen molar-refractivity contribution in [2.24, 2.45) is 5.92 Å². The van der Waals surface area contributed by atoms with E-state index in [9.17, 15) is 32.9 Å². The number of benzene rings is 1. The summed E-state index contributed by atoms with van der Waals surface area (Å²) in [7, 11) is -9.43. The van der Waals surface area contributed by atoms with Gasteiger partial charge in [0.15, 0.2) is 14.3 Å². The lowest BCUT2D eigenvalue weighted by atomic mass is 10.00. The summed E-state index contributed by atoms with van der Waals surface area (Å²) in [5, 5.41) is 10.7. The summed E-state index contributed by atoms with van der Waals surface area (Å²) in [4.78, 5) is 29.1. The topological polar surface area (TPSA) is 135 Å². The third-order valence-corrected chi connectivity index (χ3v) is 9.49. The van der Waals surface area contributed by atoms with Crippen LogP contribution in [0.1, 0.15) is 33.6 Å². The van der Waals surface area contributed by atoms with Crippen molar-refractivity contribution in [1.82, 2.24) is 0 Å². The zero-order valence-corrected chi connectivity index (χ0v) is 14.8. The number of nitro groups is 1. The van der Waals surface area contributed by atoms with E-state index in [0.717, 1.165) is 31.2 Å². The molecule has 0 aliphatic carbocycles. The third-order valence-electron chi connectivity index (χ3n) is 4.22. The molecule has 1 aromatic rings. The van der Waals surface area contributed by atoms with Gasteiger partial charge in [-0.15, -0.1) is 0 Å². The van der Waals surface area contributed by atoms with Crippen LogP contribution < -0.4 is 0 Å². The first-order chi connectivity index (χ1) is 10.4. The minimum absolute atomic E-state index is 0.268. The van der Waals surface area contributed by atoms with Gasteiger partial charge in [0.25, 0.3) is 5.69 Å². The molecule has 130 valence electrons. The second kappa shape index (κ2) is 6.68. The van der Waals surface area contributed by atoms with Crippen molar-refractivity contribution in [3.63, 3.8) is 0 Å². The van der Waals surface area contributed by atoms with Crippen molar-refractivity contribution in [2.75, 3.05) is 0 Å². The maximum Gasteiger partial charge on any atom is 0.347 e. The number of hydrogen-bond acceptors (Lipinski definition) is 5. The van der Waals surface area contributed by atoms with Gasteiger partial charge in [-0.25, -0.2) is 8.42 Å². The highest BCUT2D eigenvalue weighted by molar-refractivity contribution is 7.99. The fraction of sp³-hybridized carbons (Fsp3) is 0.538. The predicted octanol–water partition coefficient (Wildman–Crippen LogP) is 2.70. The quantitative estimate of drug-likeness (QED) is 0.431. The van der Waals surface area contributed by atoms with Gasteiger partial charge in [0.2, 0.25) is 0 Å². The highest BCUT2D eigenvalue weighted by Crippen LogP contribution is 2.60. The first kappa shape index (κ1) is 19.8. The first-order valence-electron chi connectivity index (χ1n) is 6.98. The molecule has 0 fully saturated rings. The Morgan fingerprint density at radius 3 is 1.96 bits per heavy atom. The average Bonchev–Trinajstić information content (AvgIpc) is 2.46. The van der Waals surface area contributed by atoms with Crippen LogP contribution in [0.5, 0.6) is 0 Å². The van der Waals surface area contributed by atoms with Crippen LogP contribution in [0.2, 0.25) is 0 Å². The third kappa shape index (κ3) is 3.33. The van der Waals surface area contributed by atoms with Crippen LogP contribution >= 0.6 is 7.60 Å². The van der Waals surface area contributed by atoms with Gasteiger partial charge in [0.05, 0.1) is 9.82 Å². The Bertz CT molecular complexity index is 721. The van der Waals surface area contributed by atoms with Crippen LogP contribution in [0.3, 0.4) is 0 Å². The molecule has 0 saturated heterocycles. The Balaban J connectivity index is 3.57. The summed E-state index contributed by atoms with van der Waals surface area (Å²) in [5.41, 5.74) is -0.302. The van der Waals surface area contributed by atoms with Gasteiger partial charge >= 0.3 is 7.60 Å². The Morgan fingerprint density at radius 2 is 1.65 bits per heavy atom. The fourth-order valence-electron chi connectivity index (χ4n) is 2.65. The van der Waals surface area contributed by atoms with Gasteiger partial charge in [-0.3, -0.25) is 14.7 Å². The van der Waals surface area contributed by atoms with Crippen molar-refractivity contribution in [3.8, 4) is 0 Å². The average molecular weight is 365 g/mol. The van der Waals surface area contributed by atoms with Crippen molar-refractivity contribution in [2.45, 2.75) is 43.0 Å². The number of sulfone groups is 1. The van der Waals surface area contributed by atoms with E-state index in [-0.39, 0.29) is 23.4 Å². The van der Waals surface area contributed by atoms with E-state index in [4.69, 9.17) is 0 Å². The molecule has 0 spiro atoms.